The third-order valence-corrected chi connectivity index (χ3v) is 4.32. The number of nitrogens with one attached hydrogen (secondary N) is 1. The third-order valence-electron chi connectivity index (χ3n) is 4.32. The van der Waals surface area contributed by atoms with Gasteiger partial charge in [-0.05, 0) is 43.1 Å². The highest BCUT2D eigenvalue weighted by atomic mass is 16.5. The standard InChI is InChI=1S/C17H21N3O3/c1-23-15-4-2-13(3-5-15)17-14(9-18-19-17)11-20-7-6-12(10-20)8-16(21)22/h2-5,9,12H,6-8,10-11H2,1H3,(H,18,19)(H,21,22)/t12-/m1/s1. The average molecular weight is 315 g/mol. The molecule has 2 N–H and O–H groups in total. The molecule has 23 heavy (non-hydrogen) atoms. The number of aromatic nitrogens is 2. The lowest BCUT2D eigenvalue weighted by Crippen LogP contribution is -2.21. The highest BCUT2D eigenvalue weighted by Gasteiger charge is 2.25. The lowest BCUT2D eigenvalue weighted by Gasteiger charge is -2.15. The Balaban J connectivity index is 1.68. The minimum absolute atomic E-state index is 0.254. The van der Waals surface area contributed by atoms with E-state index in [1.165, 1.54) is 0 Å². The summed E-state index contributed by atoms with van der Waals surface area (Å²) < 4.78 is 5.19. The van der Waals surface area contributed by atoms with E-state index in [-0.39, 0.29) is 12.3 Å². The summed E-state index contributed by atoms with van der Waals surface area (Å²) >= 11 is 0. The molecule has 2 aromatic rings. The second-order valence-electron chi connectivity index (χ2n) is 5.99. The molecule has 0 amide bonds. The zero-order valence-corrected chi connectivity index (χ0v) is 13.2. The van der Waals surface area contributed by atoms with Crippen molar-refractivity contribution in [1.82, 2.24) is 15.1 Å². The van der Waals surface area contributed by atoms with E-state index in [0.29, 0.717) is 0 Å². The van der Waals surface area contributed by atoms with Gasteiger partial charge in [0.1, 0.15) is 5.75 Å². The topological polar surface area (TPSA) is 78.5 Å². The summed E-state index contributed by atoms with van der Waals surface area (Å²) in [7, 11) is 1.65. The summed E-state index contributed by atoms with van der Waals surface area (Å²) in [6.45, 7) is 2.55. The molecule has 0 radical (unpaired) electrons. The van der Waals surface area contributed by atoms with Gasteiger partial charge < -0.3 is 9.84 Å². The lowest BCUT2D eigenvalue weighted by atomic mass is 10.1. The van der Waals surface area contributed by atoms with E-state index in [1.807, 2.05) is 30.5 Å². The van der Waals surface area contributed by atoms with Crippen LogP contribution in [0.1, 0.15) is 18.4 Å². The summed E-state index contributed by atoms with van der Waals surface area (Å²) in [6.07, 6.45) is 3.05. The molecule has 1 aliphatic heterocycles. The Morgan fingerprint density at radius 3 is 2.91 bits per heavy atom. The van der Waals surface area contributed by atoms with Crippen molar-refractivity contribution in [3.63, 3.8) is 0 Å². The largest absolute Gasteiger partial charge is 0.497 e. The number of carboxylic acid groups (broad SMARTS) is 1. The number of methoxy groups -OCH3 is 1. The number of nitrogens with zero attached hydrogens (tertiary/aromatic N) is 2. The number of H-pyrrole nitrogens is 1. The van der Waals surface area contributed by atoms with Gasteiger partial charge in [-0.3, -0.25) is 14.8 Å². The normalized spacial score (nSPS) is 18.2. The van der Waals surface area contributed by atoms with Crippen molar-refractivity contribution in [2.75, 3.05) is 20.2 Å². The van der Waals surface area contributed by atoms with Crippen LogP contribution in [0.5, 0.6) is 5.75 Å². The molecule has 6 nitrogen and oxygen atoms in total. The molecule has 3 rings (SSSR count). The number of carbonyl (C=O) groups is 1. The van der Waals surface area contributed by atoms with Gasteiger partial charge in [-0.2, -0.15) is 5.10 Å². The molecule has 0 aliphatic carbocycles. The van der Waals surface area contributed by atoms with E-state index < -0.39 is 5.97 Å². The van der Waals surface area contributed by atoms with Crippen LogP contribution in [0.25, 0.3) is 11.3 Å². The van der Waals surface area contributed by atoms with Crippen LogP contribution in [0.2, 0.25) is 0 Å². The van der Waals surface area contributed by atoms with Crippen molar-refractivity contribution in [3.05, 3.63) is 36.0 Å². The van der Waals surface area contributed by atoms with Crippen LogP contribution < -0.4 is 4.74 Å². The molecule has 1 atom stereocenters. The van der Waals surface area contributed by atoms with E-state index in [0.717, 1.165) is 48.6 Å². The maximum Gasteiger partial charge on any atom is 0.303 e. The predicted octanol–water partition coefficient (Wildman–Crippen LogP) is 2.38. The Morgan fingerprint density at radius 1 is 1.43 bits per heavy atom. The second-order valence-corrected chi connectivity index (χ2v) is 5.99. The summed E-state index contributed by atoms with van der Waals surface area (Å²) in [5.74, 6) is 0.369. The molecule has 0 spiro atoms. The van der Waals surface area contributed by atoms with Gasteiger partial charge in [0.2, 0.25) is 0 Å². The minimum atomic E-state index is -0.709. The van der Waals surface area contributed by atoms with Gasteiger partial charge in [-0.1, -0.05) is 0 Å². The van der Waals surface area contributed by atoms with Crippen molar-refractivity contribution in [2.24, 2.45) is 5.92 Å². The van der Waals surface area contributed by atoms with Crippen LogP contribution in [0.3, 0.4) is 0 Å². The molecule has 122 valence electrons. The first-order valence-corrected chi connectivity index (χ1v) is 7.76. The number of likely N-dealkylation sites (tertiary alicyclic amines) is 1. The fraction of sp³-hybridized carbons (Fsp3) is 0.412. The first-order chi connectivity index (χ1) is 11.2. The van der Waals surface area contributed by atoms with Crippen LogP contribution in [0, 0.1) is 5.92 Å². The predicted molar refractivity (Wildman–Crippen MR) is 86.2 cm³/mol. The second kappa shape index (κ2) is 6.83. The van der Waals surface area contributed by atoms with Gasteiger partial charge in [-0.15, -0.1) is 0 Å². The third kappa shape index (κ3) is 3.71. The van der Waals surface area contributed by atoms with Crippen LogP contribution >= 0.6 is 0 Å². The monoisotopic (exact) mass is 315 g/mol. The first kappa shape index (κ1) is 15.6. The van der Waals surface area contributed by atoms with E-state index in [2.05, 4.69) is 15.1 Å². The van der Waals surface area contributed by atoms with Gasteiger partial charge in [0, 0.05) is 30.6 Å². The summed E-state index contributed by atoms with van der Waals surface area (Å²) in [5.41, 5.74) is 3.21. The highest BCUT2D eigenvalue weighted by molar-refractivity contribution is 5.67. The van der Waals surface area contributed by atoms with Crippen molar-refractivity contribution in [1.29, 1.82) is 0 Å². The number of rotatable bonds is 6. The van der Waals surface area contributed by atoms with Gasteiger partial charge in [-0.25, -0.2) is 0 Å². The molecule has 0 unspecified atom stereocenters. The van der Waals surface area contributed by atoms with Crippen molar-refractivity contribution in [3.8, 4) is 17.0 Å². The van der Waals surface area contributed by atoms with E-state index >= 15 is 0 Å². The number of aromatic amines is 1. The van der Waals surface area contributed by atoms with Gasteiger partial charge in [0.25, 0.3) is 0 Å². The number of ether oxygens (including phenoxy) is 1. The molecular weight excluding hydrogens is 294 g/mol. The number of hydrogen-bond acceptors (Lipinski definition) is 4. The summed E-state index contributed by atoms with van der Waals surface area (Å²) in [6, 6.07) is 7.87. The quantitative estimate of drug-likeness (QED) is 0.855. The lowest BCUT2D eigenvalue weighted by molar-refractivity contribution is -0.138. The molecule has 1 saturated heterocycles. The number of hydrogen-bond donors (Lipinski definition) is 2. The van der Waals surface area contributed by atoms with Gasteiger partial charge in [0.05, 0.1) is 19.0 Å². The molecule has 1 aromatic carbocycles. The Hall–Kier alpha value is -2.34. The van der Waals surface area contributed by atoms with Crippen molar-refractivity contribution in [2.45, 2.75) is 19.4 Å². The Bertz CT molecular complexity index is 666. The zero-order chi connectivity index (χ0) is 16.2. The number of carboxylic acids is 1. The fourth-order valence-corrected chi connectivity index (χ4v) is 3.15. The fourth-order valence-electron chi connectivity index (χ4n) is 3.15. The first-order valence-electron chi connectivity index (χ1n) is 7.76. The molecule has 1 fully saturated rings. The molecular formula is C17H21N3O3. The van der Waals surface area contributed by atoms with Crippen molar-refractivity contribution < 1.29 is 14.6 Å². The van der Waals surface area contributed by atoms with E-state index in [1.54, 1.807) is 7.11 Å². The number of benzene rings is 1. The van der Waals surface area contributed by atoms with Crippen LogP contribution in [0.15, 0.2) is 30.5 Å². The van der Waals surface area contributed by atoms with Crippen LogP contribution in [0.4, 0.5) is 0 Å². The molecule has 1 aromatic heterocycles. The summed E-state index contributed by atoms with van der Waals surface area (Å²) in [4.78, 5) is 13.1. The van der Waals surface area contributed by atoms with E-state index in [4.69, 9.17) is 9.84 Å². The number of aliphatic carboxylic acids is 1. The molecule has 0 saturated carbocycles. The Morgan fingerprint density at radius 2 is 2.22 bits per heavy atom. The van der Waals surface area contributed by atoms with Crippen LogP contribution in [-0.4, -0.2) is 46.4 Å². The molecule has 0 bridgehead atoms. The highest BCUT2D eigenvalue weighted by Crippen LogP contribution is 2.27. The molecule has 2 heterocycles. The van der Waals surface area contributed by atoms with Crippen molar-refractivity contribution >= 4 is 5.97 Å². The molecule has 6 heteroatoms. The maximum atomic E-state index is 10.8. The summed E-state index contributed by atoms with van der Waals surface area (Å²) in [5, 5.41) is 16.1. The molecule has 1 aliphatic rings. The van der Waals surface area contributed by atoms with Gasteiger partial charge >= 0.3 is 5.97 Å². The smallest absolute Gasteiger partial charge is 0.303 e. The zero-order valence-electron chi connectivity index (χ0n) is 13.2. The minimum Gasteiger partial charge on any atom is -0.497 e. The maximum absolute atomic E-state index is 10.8. The SMILES string of the molecule is COc1ccc(-c2[nH]ncc2CN2CC[C@H](CC(=O)O)C2)cc1. The van der Waals surface area contributed by atoms with E-state index in [9.17, 15) is 4.79 Å². The Kier molecular flexibility index (Phi) is 4.62. The van der Waals surface area contributed by atoms with Gasteiger partial charge in [0.15, 0.2) is 0 Å². The van der Waals surface area contributed by atoms with Crippen LogP contribution in [-0.2, 0) is 11.3 Å². The Labute approximate surface area is 135 Å². The average Bonchev–Trinajstić information content (AvgIpc) is 3.17.